The third kappa shape index (κ3) is 4.86. The summed E-state index contributed by atoms with van der Waals surface area (Å²) in [5, 5.41) is 6.87. The van der Waals surface area contributed by atoms with Gasteiger partial charge in [-0.1, -0.05) is 40.2 Å². The molecule has 2 aromatic carbocycles. The number of hydrogen-bond donors (Lipinski definition) is 0. The largest absolute Gasteiger partial charge is 0.378 e. The Bertz CT molecular complexity index is 1030. The molecule has 0 atom stereocenters. The number of anilines is 1. The maximum atomic E-state index is 5.43. The summed E-state index contributed by atoms with van der Waals surface area (Å²) in [6.45, 7) is 6.23. The van der Waals surface area contributed by atoms with E-state index in [1.165, 1.54) is 5.69 Å². The molecule has 5 nitrogen and oxygen atoms in total. The van der Waals surface area contributed by atoms with E-state index in [-0.39, 0.29) is 0 Å². The third-order valence-electron chi connectivity index (χ3n) is 4.71. The van der Waals surface area contributed by atoms with Gasteiger partial charge in [-0.25, -0.2) is 4.68 Å². The van der Waals surface area contributed by atoms with Gasteiger partial charge in [-0.2, -0.15) is 5.10 Å². The fourth-order valence-corrected chi connectivity index (χ4v) is 4.36. The quantitative estimate of drug-likeness (QED) is 0.510. The topological polar surface area (TPSA) is 42.1 Å². The molecule has 0 bridgehead atoms. The van der Waals surface area contributed by atoms with E-state index in [9.17, 15) is 0 Å². The molecule has 1 aliphatic heterocycles. The van der Waals surface area contributed by atoms with Gasteiger partial charge in [-0.3, -0.25) is 4.99 Å². The summed E-state index contributed by atoms with van der Waals surface area (Å²) in [5.41, 5.74) is 4.44. The highest BCUT2D eigenvalue weighted by molar-refractivity contribution is 9.10. The van der Waals surface area contributed by atoms with E-state index in [1.807, 2.05) is 29.9 Å². The number of aromatic nitrogens is 1. The van der Waals surface area contributed by atoms with Gasteiger partial charge < -0.3 is 9.64 Å². The monoisotopic (exact) mass is 470 g/mol. The molecule has 150 valence electrons. The van der Waals surface area contributed by atoms with E-state index in [0.29, 0.717) is 0 Å². The Morgan fingerprint density at radius 3 is 2.48 bits per heavy atom. The lowest BCUT2D eigenvalue weighted by Gasteiger charge is -2.28. The molecule has 0 N–H and O–H groups in total. The summed E-state index contributed by atoms with van der Waals surface area (Å²) in [7, 11) is 0. The number of hydrogen-bond acceptors (Lipinski definition) is 5. The Morgan fingerprint density at radius 1 is 1.07 bits per heavy atom. The Kier molecular flexibility index (Phi) is 6.59. The van der Waals surface area contributed by atoms with Crippen LogP contribution in [-0.4, -0.2) is 43.7 Å². The van der Waals surface area contributed by atoms with Crippen molar-refractivity contribution in [3.05, 3.63) is 68.7 Å². The summed E-state index contributed by atoms with van der Waals surface area (Å²) in [4.78, 5) is 7.84. The van der Waals surface area contributed by atoms with Gasteiger partial charge in [0.2, 0.25) is 4.80 Å². The lowest BCUT2D eigenvalue weighted by atomic mass is 10.2. The van der Waals surface area contributed by atoms with Crippen molar-refractivity contribution in [1.29, 1.82) is 0 Å². The third-order valence-corrected chi connectivity index (χ3v) is 6.09. The summed E-state index contributed by atoms with van der Waals surface area (Å²) < 4.78 is 8.42. The van der Waals surface area contributed by atoms with Gasteiger partial charge in [0.05, 0.1) is 25.1 Å². The van der Waals surface area contributed by atoms with Crippen molar-refractivity contribution in [1.82, 2.24) is 4.68 Å². The first-order chi connectivity index (χ1) is 14.2. The Balaban J connectivity index is 1.61. The average molecular weight is 471 g/mol. The minimum absolute atomic E-state index is 0.726. The van der Waals surface area contributed by atoms with Crippen LogP contribution < -0.4 is 9.70 Å². The van der Waals surface area contributed by atoms with E-state index >= 15 is 0 Å². The lowest BCUT2D eigenvalue weighted by Crippen LogP contribution is -2.36. The summed E-state index contributed by atoms with van der Waals surface area (Å²) in [6.07, 6.45) is 1.90. The van der Waals surface area contributed by atoms with Crippen LogP contribution in [0.1, 0.15) is 12.5 Å². The number of thiazole rings is 1. The van der Waals surface area contributed by atoms with E-state index in [4.69, 9.17) is 9.84 Å². The van der Waals surface area contributed by atoms with E-state index in [2.05, 4.69) is 67.6 Å². The fourth-order valence-electron chi connectivity index (χ4n) is 3.19. The van der Waals surface area contributed by atoms with E-state index in [0.717, 1.165) is 58.9 Å². The lowest BCUT2D eigenvalue weighted by molar-refractivity contribution is 0.122. The molecule has 0 aliphatic carbocycles. The van der Waals surface area contributed by atoms with Crippen molar-refractivity contribution in [3.63, 3.8) is 0 Å². The number of halogens is 1. The van der Waals surface area contributed by atoms with Crippen LogP contribution in [0.3, 0.4) is 0 Å². The van der Waals surface area contributed by atoms with Crippen molar-refractivity contribution in [2.75, 3.05) is 37.7 Å². The zero-order valence-corrected chi connectivity index (χ0v) is 18.7. The first kappa shape index (κ1) is 20.1. The van der Waals surface area contributed by atoms with Crippen molar-refractivity contribution in [2.24, 2.45) is 10.1 Å². The standard InChI is InChI=1S/C22H23BrN4OS/c1-2-24-22-27(21(16-29-22)18-5-7-19(23)8-6-18)25-15-17-3-9-20(10-4-17)26-11-13-28-14-12-26/h3-10,15-16H,2,11-14H2,1H3. The normalized spacial score (nSPS) is 15.4. The molecule has 2 heterocycles. The second-order valence-corrected chi connectivity index (χ2v) is 8.38. The molecule has 1 fully saturated rings. The maximum absolute atomic E-state index is 5.43. The molecule has 29 heavy (non-hydrogen) atoms. The second-order valence-electron chi connectivity index (χ2n) is 6.63. The molecule has 0 spiro atoms. The number of ether oxygens (including phenoxy) is 1. The van der Waals surface area contributed by atoms with Gasteiger partial charge in [-0.05, 0) is 36.8 Å². The van der Waals surface area contributed by atoms with Crippen LogP contribution >= 0.6 is 27.3 Å². The summed E-state index contributed by atoms with van der Waals surface area (Å²) in [6, 6.07) is 16.8. The number of benzene rings is 2. The zero-order valence-electron chi connectivity index (χ0n) is 16.3. The molecule has 0 radical (unpaired) electrons. The predicted octanol–water partition coefficient (Wildman–Crippen LogP) is 4.62. The first-order valence-corrected chi connectivity index (χ1v) is 11.4. The molecule has 0 unspecified atom stereocenters. The molecular formula is C22H23BrN4OS. The van der Waals surface area contributed by atoms with Crippen LogP contribution in [0.2, 0.25) is 0 Å². The molecule has 0 amide bonds. The summed E-state index contributed by atoms with van der Waals surface area (Å²) >= 11 is 5.11. The maximum Gasteiger partial charge on any atom is 0.206 e. The fraction of sp³-hybridized carbons (Fsp3) is 0.273. The molecular weight excluding hydrogens is 448 g/mol. The van der Waals surface area contributed by atoms with Crippen molar-refractivity contribution in [2.45, 2.75) is 6.92 Å². The second kappa shape index (κ2) is 9.52. The first-order valence-electron chi connectivity index (χ1n) is 9.68. The highest BCUT2D eigenvalue weighted by Crippen LogP contribution is 2.22. The van der Waals surface area contributed by atoms with Gasteiger partial charge in [0.1, 0.15) is 0 Å². The van der Waals surface area contributed by atoms with E-state index < -0.39 is 0 Å². The van der Waals surface area contributed by atoms with Crippen molar-refractivity contribution < 1.29 is 4.74 Å². The highest BCUT2D eigenvalue weighted by atomic mass is 79.9. The number of nitrogens with zero attached hydrogens (tertiary/aromatic N) is 4. The predicted molar refractivity (Wildman–Crippen MR) is 124 cm³/mol. The molecule has 7 heteroatoms. The van der Waals surface area contributed by atoms with Crippen LogP contribution in [0.25, 0.3) is 11.3 Å². The van der Waals surface area contributed by atoms with Gasteiger partial charge in [0.25, 0.3) is 0 Å². The van der Waals surface area contributed by atoms with Crippen LogP contribution in [0.4, 0.5) is 5.69 Å². The van der Waals surface area contributed by atoms with Crippen LogP contribution in [0.15, 0.2) is 68.5 Å². The Morgan fingerprint density at radius 2 is 1.79 bits per heavy atom. The molecule has 4 rings (SSSR count). The zero-order chi connectivity index (χ0) is 20.1. The van der Waals surface area contributed by atoms with Gasteiger partial charge >= 0.3 is 0 Å². The molecule has 1 aromatic heterocycles. The van der Waals surface area contributed by atoms with Crippen LogP contribution in [-0.2, 0) is 4.74 Å². The van der Waals surface area contributed by atoms with E-state index in [1.54, 1.807) is 11.3 Å². The minimum Gasteiger partial charge on any atom is -0.378 e. The Hall–Kier alpha value is -2.22. The van der Waals surface area contributed by atoms with Gasteiger partial charge in [0.15, 0.2) is 0 Å². The minimum atomic E-state index is 0.726. The molecule has 0 saturated carbocycles. The number of morpholine rings is 1. The highest BCUT2D eigenvalue weighted by Gasteiger charge is 2.11. The number of rotatable bonds is 5. The molecule has 1 aliphatic rings. The molecule has 1 saturated heterocycles. The SMILES string of the molecule is CCN=c1scc(-c2ccc(Br)cc2)n1N=Cc1ccc(N2CCOCC2)cc1. The van der Waals surface area contributed by atoms with Gasteiger partial charge in [0, 0.05) is 40.7 Å². The van der Waals surface area contributed by atoms with Crippen LogP contribution in [0, 0.1) is 0 Å². The average Bonchev–Trinajstić information content (AvgIpc) is 3.16. The smallest absolute Gasteiger partial charge is 0.206 e. The Labute approximate surface area is 183 Å². The van der Waals surface area contributed by atoms with Crippen molar-refractivity contribution in [3.8, 4) is 11.3 Å². The molecule has 3 aromatic rings. The van der Waals surface area contributed by atoms with Crippen molar-refractivity contribution >= 4 is 39.2 Å². The van der Waals surface area contributed by atoms with Gasteiger partial charge in [-0.15, -0.1) is 11.3 Å². The van der Waals surface area contributed by atoms with Crippen LogP contribution in [0.5, 0.6) is 0 Å². The summed E-state index contributed by atoms with van der Waals surface area (Å²) in [5.74, 6) is 0.